The van der Waals surface area contributed by atoms with Crippen molar-refractivity contribution in [3.8, 4) is 0 Å². The molecule has 0 N–H and O–H groups in total. The van der Waals surface area contributed by atoms with Gasteiger partial charge in [-0.2, -0.15) is 13.2 Å². The molecule has 0 unspecified atom stereocenters. The van der Waals surface area contributed by atoms with Crippen LogP contribution in [0.3, 0.4) is 0 Å². The molecule has 350 valence electrons. The number of carbonyl (C=O) groups is 3. The zero-order chi connectivity index (χ0) is 46.2. The third-order valence-electron chi connectivity index (χ3n) is 15.6. The Kier molecular flexibility index (Phi) is 14.1. The van der Waals surface area contributed by atoms with E-state index in [1.165, 1.54) is 29.8 Å². The molecular weight excluding hydrogens is 842 g/mol. The number of allylic oxidation sites excluding steroid dienone is 1. The van der Waals surface area contributed by atoms with Crippen molar-refractivity contribution in [3.63, 3.8) is 0 Å². The van der Waals surface area contributed by atoms with Gasteiger partial charge in [0.1, 0.15) is 18.3 Å². The summed E-state index contributed by atoms with van der Waals surface area (Å²) < 4.78 is 76.4. The second kappa shape index (κ2) is 18.7. The first-order chi connectivity index (χ1) is 30.2. The Labute approximate surface area is 377 Å². The second-order valence-corrected chi connectivity index (χ2v) is 24.8. The first-order valence-electron chi connectivity index (χ1n) is 23.2. The van der Waals surface area contributed by atoms with E-state index in [1.807, 2.05) is 12.1 Å². The minimum atomic E-state index is -5.05. The molecule has 0 aromatic heterocycles. The molecule has 9 nitrogen and oxygen atoms in total. The number of rotatable bonds is 15. The van der Waals surface area contributed by atoms with Crippen LogP contribution in [0.4, 0.5) is 13.2 Å². The van der Waals surface area contributed by atoms with Crippen molar-refractivity contribution in [2.75, 3.05) is 26.4 Å². The fourth-order valence-corrected chi connectivity index (χ4v) is 17.3. The zero-order valence-corrected chi connectivity index (χ0v) is 39.8. The van der Waals surface area contributed by atoms with E-state index >= 15 is 0 Å². The van der Waals surface area contributed by atoms with Crippen LogP contribution in [0.25, 0.3) is 0 Å². The second-order valence-electron chi connectivity index (χ2n) is 20.5. The van der Waals surface area contributed by atoms with Crippen LogP contribution in [0.15, 0.2) is 83.6 Å². The van der Waals surface area contributed by atoms with E-state index in [1.54, 1.807) is 6.92 Å². The first kappa shape index (κ1) is 48.0. The smallest absolute Gasteiger partial charge is 0.490 e. The van der Waals surface area contributed by atoms with Crippen molar-refractivity contribution >= 4 is 36.6 Å². The van der Waals surface area contributed by atoms with Gasteiger partial charge in [-0.25, -0.2) is 4.79 Å². The lowest BCUT2D eigenvalue weighted by Crippen LogP contribution is -2.66. The molecule has 1 aliphatic heterocycles. The largest absolute Gasteiger partial charge is 0.490 e. The molecule has 3 saturated carbocycles. The lowest BCUT2D eigenvalue weighted by atomic mass is 9.45. The number of hydrogen-bond acceptors (Lipinski definition) is 9. The van der Waals surface area contributed by atoms with Gasteiger partial charge in [0, 0.05) is 26.2 Å². The van der Waals surface area contributed by atoms with Crippen LogP contribution in [0.1, 0.15) is 107 Å². The fourth-order valence-electron chi connectivity index (χ4n) is 12.8. The van der Waals surface area contributed by atoms with Crippen molar-refractivity contribution in [1.82, 2.24) is 0 Å². The SMILES string of the molecule is CC(=O)O[C@H]1CC[C@@]2(C)[C@@H](CC[C@H]3C4=C[C@@H]5OC(CC[C@@H](C)COC(=O)C(F)(F)F)=C(C)[C@@H]5[C@@]4(COCCO[Si](c4ccccc4)(c4ccccc4)C(C)(C)C)[C@@H](OC(C)=O)C[C@@H]32)C1. The lowest BCUT2D eigenvalue weighted by Gasteiger charge is -2.61. The van der Waals surface area contributed by atoms with Gasteiger partial charge in [-0.1, -0.05) is 101 Å². The van der Waals surface area contributed by atoms with Crippen LogP contribution < -0.4 is 10.4 Å². The van der Waals surface area contributed by atoms with Crippen LogP contribution in [-0.2, 0) is 42.5 Å². The average Bonchev–Trinajstić information content (AvgIpc) is 3.73. The van der Waals surface area contributed by atoms with Crippen molar-refractivity contribution in [2.45, 2.75) is 136 Å². The third kappa shape index (κ3) is 9.11. The molecule has 0 radical (unpaired) electrons. The summed E-state index contributed by atoms with van der Waals surface area (Å²) in [7, 11) is -2.85. The van der Waals surface area contributed by atoms with Gasteiger partial charge in [0.2, 0.25) is 0 Å². The van der Waals surface area contributed by atoms with E-state index in [4.69, 9.17) is 23.4 Å². The molecule has 2 aromatic rings. The molecule has 3 fully saturated rings. The Balaban J connectivity index is 1.18. The molecule has 13 heteroatoms. The van der Waals surface area contributed by atoms with Crippen LogP contribution in [0.2, 0.25) is 5.04 Å². The van der Waals surface area contributed by atoms with E-state index in [0.717, 1.165) is 43.4 Å². The molecule has 1 heterocycles. The van der Waals surface area contributed by atoms with E-state index in [9.17, 15) is 27.6 Å². The van der Waals surface area contributed by atoms with E-state index in [-0.39, 0.29) is 71.5 Å². The Hall–Kier alpha value is -3.94. The first-order valence-corrected chi connectivity index (χ1v) is 25.1. The molecule has 0 amide bonds. The molecule has 0 spiro atoms. The summed E-state index contributed by atoms with van der Waals surface area (Å²) in [6, 6.07) is 21.0. The van der Waals surface area contributed by atoms with Gasteiger partial charge in [-0.05, 0) is 108 Å². The molecule has 64 heavy (non-hydrogen) atoms. The number of halogens is 3. The zero-order valence-electron chi connectivity index (χ0n) is 38.8. The highest BCUT2D eigenvalue weighted by molar-refractivity contribution is 6.99. The Morgan fingerprint density at radius 1 is 0.891 bits per heavy atom. The van der Waals surface area contributed by atoms with E-state index in [0.29, 0.717) is 38.4 Å². The summed E-state index contributed by atoms with van der Waals surface area (Å²) in [6.07, 6.45) is 2.27. The average molecular weight is 909 g/mol. The van der Waals surface area contributed by atoms with Gasteiger partial charge in [-0.3, -0.25) is 9.59 Å². The maximum Gasteiger partial charge on any atom is 0.490 e. The molecule has 7 rings (SSSR count). The quantitative estimate of drug-likeness (QED) is 0.0569. The number of hydrogen-bond donors (Lipinski definition) is 0. The summed E-state index contributed by atoms with van der Waals surface area (Å²) >= 11 is 0. The Bertz CT molecular complexity index is 2030. The van der Waals surface area contributed by atoms with Crippen molar-refractivity contribution in [1.29, 1.82) is 0 Å². The van der Waals surface area contributed by atoms with Crippen molar-refractivity contribution < 1.29 is 55.7 Å². The predicted octanol–water partition coefficient (Wildman–Crippen LogP) is 9.42. The predicted molar refractivity (Wildman–Crippen MR) is 239 cm³/mol. The van der Waals surface area contributed by atoms with Crippen molar-refractivity contribution in [2.24, 2.45) is 40.4 Å². The minimum Gasteiger partial charge on any atom is -0.490 e. The number of benzene rings is 2. The van der Waals surface area contributed by atoms with Crippen LogP contribution >= 0.6 is 0 Å². The van der Waals surface area contributed by atoms with Crippen LogP contribution in [-0.4, -0.2) is 77.1 Å². The fraction of sp³-hybridized carbons (Fsp3) is 0.627. The Morgan fingerprint density at radius 3 is 2.12 bits per heavy atom. The summed E-state index contributed by atoms with van der Waals surface area (Å²) in [5, 5.41) is 2.14. The molecule has 0 bridgehead atoms. The highest BCUT2D eigenvalue weighted by atomic mass is 28.4. The highest BCUT2D eigenvalue weighted by Crippen LogP contribution is 2.69. The maximum atomic E-state index is 13.3. The van der Waals surface area contributed by atoms with E-state index in [2.05, 4.69) is 94.0 Å². The molecule has 5 aliphatic rings. The maximum absolute atomic E-state index is 13.3. The number of alkyl halides is 3. The summed E-state index contributed by atoms with van der Waals surface area (Å²) in [5.41, 5.74) is 1.44. The van der Waals surface area contributed by atoms with Gasteiger partial charge >= 0.3 is 24.1 Å². The third-order valence-corrected chi connectivity index (χ3v) is 20.6. The summed E-state index contributed by atoms with van der Waals surface area (Å²) in [6.45, 7) is 16.5. The number of esters is 3. The number of carbonyl (C=O) groups excluding carboxylic acids is 3. The molecule has 2 aromatic carbocycles. The highest BCUT2D eigenvalue weighted by Gasteiger charge is 2.67. The number of ether oxygens (including phenoxy) is 5. The standard InChI is InChI=1S/C51H67F3O9Si/c1-32(30-59-47(57)51(52,53)54)19-22-43-33(2)46-44(63-43)28-42-40-21-20-36-27-37(61-34(3)55)23-24-49(36,8)41(40)29-45(62-35(4)56)50(42,46)31-58-25-26-60-64(48(5,6)7,38-15-11-9-12-16-38)39-17-13-10-14-18-39/h9-18,28,32,36-37,40-41,44-46H,19-27,29-31H2,1-8H3/t32-,36+,37+,40-,41+,44+,45+,46+,49+,50-/m1/s1. The molecule has 10 atom stereocenters. The van der Waals surface area contributed by atoms with Crippen molar-refractivity contribution in [3.05, 3.63) is 83.6 Å². The molecular formula is C51H67F3O9Si. The minimum absolute atomic E-state index is 0.0598. The number of fused-ring (bicyclic) bond motifs is 7. The normalized spacial score (nSPS) is 30.5. The Morgan fingerprint density at radius 2 is 1.53 bits per heavy atom. The molecule has 4 aliphatic carbocycles. The summed E-state index contributed by atoms with van der Waals surface area (Å²) in [5.74, 6) is -1.81. The van der Waals surface area contributed by atoms with Crippen LogP contribution in [0, 0.1) is 40.4 Å². The molecule has 0 saturated heterocycles. The lowest BCUT2D eigenvalue weighted by molar-refractivity contribution is -0.200. The monoisotopic (exact) mass is 908 g/mol. The van der Waals surface area contributed by atoms with E-state index < -0.39 is 32.0 Å². The summed E-state index contributed by atoms with van der Waals surface area (Å²) in [4.78, 5) is 36.7. The van der Waals surface area contributed by atoms with Gasteiger partial charge in [0.05, 0.1) is 37.6 Å². The topological polar surface area (TPSA) is 107 Å². The van der Waals surface area contributed by atoms with Gasteiger partial charge < -0.3 is 28.1 Å². The van der Waals surface area contributed by atoms with Gasteiger partial charge in [0.15, 0.2) is 0 Å². The van der Waals surface area contributed by atoms with Gasteiger partial charge in [0.25, 0.3) is 8.32 Å². The van der Waals surface area contributed by atoms with Gasteiger partial charge in [-0.15, -0.1) is 0 Å². The van der Waals surface area contributed by atoms with Crippen LogP contribution in [0.5, 0.6) is 0 Å².